The number of aromatic amines is 1. The van der Waals surface area contributed by atoms with E-state index in [1.807, 2.05) is 19.1 Å². The number of aromatic nitrogens is 4. The number of allylic oxidation sites excluding steroid dienone is 1. The van der Waals surface area contributed by atoms with E-state index in [9.17, 15) is 4.79 Å². The molecule has 0 atom stereocenters. The number of H-pyrrole nitrogens is 1. The summed E-state index contributed by atoms with van der Waals surface area (Å²) in [7, 11) is 2.13. The van der Waals surface area contributed by atoms with Gasteiger partial charge in [0.2, 0.25) is 0 Å². The Hall–Kier alpha value is -2.39. The normalized spacial score (nSPS) is 14.9. The van der Waals surface area contributed by atoms with E-state index >= 15 is 0 Å². The van der Waals surface area contributed by atoms with Crippen LogP contribution in [0, 0.1) is 6.92 Å². The quantitative estimate of drug-likeness (QED) is 0.287. The molecule has 150 valence electrons. The molecule has 9 heteroatoms. The molecule has 1 aliphatic rings. The molecule has 1 fully saturated rings. The number of carbonyl (C=O) groups is 1. The zero-order chi connectivity index (χ0) is 19.9. The van der Waals surface area contributed by atoms with Crippen LogP contribution in [0.2, 0.25) is 0 Å². The molecule has 0 unspecified atom stereocenters. The highest BCUT2D eigenvalue weighted by atomic mass is 32.2. The number of thioether (sulfide) groups is 1. The molecule has 0 amide bonds. The first-order valence-corrected chi connectivity index (χ1v) is 10.4. The van der Waals surface area contributed by atoms with Crippen LogP contribution in [0.25, 0.3) is 0 Å². The van der Waals surface area contributed by atoms with Crippen molar-refractivity contribution in [3.05, 3.63) is 30.5 Å². The molecule has 2 N–H and O–H groups in total. The van der Waals surface area contributed by atoms with Crippen molar-refractivity contribution >= 4 is 35.0 Å². The number of nitrogens with one attached hydrogen (secondary N) is 2. The van der Waals surface area contributed by atoms with Gasteiger partial charge in [-0.25, -0.2) is 9.97 Å². The Morgan fingerprint density at radius 1 is 1.29 bits per heavy atom. The van der Waals surface area contributed by atoms with E-state index in [4.69, 9.17) is 4.98 Å². The molecule has 1 aliphatic heterocycles. The molecule has 0 radical (unpaired) electrons. The number of likely N-dealkylation sites (N-methyl/N-ethyl adjacent to an activating group) is 1. The predicted molar refractivity (Wildman–Crippen MR) is 114 cm³/mol. The van der Waals surface area contributed by atoms with Gasteiger partial charge < -0.3 is 15.1 Å². The Morgan fingerprint density at radius 2 is 2.07 bits per heavy atom. The number of rotatable bonds is 9. The second-order valence-corrected chi connectivity index (χ2v) is 7.93. The minimum Gasteiger partial charge on any atom is -0.354 e. The molecule has 2 aromatic heterocycles. The predicted octanol–water partition coefficient (Wildman–Crippen LogP) is 2.63. The van der Waals surface area contributed by atoms with Gasteiger partial charge >= 0.3 is 0 Å². The largest absolute Gasteiger partial charge is 0.354 e. The molecule has 1 saturated heterocycles. The van der Waals surface area contributed by atoms with Gasteiger partial charge in [0.15, 0.2) is 16.8 Å². The Balaban J connectivity index is 1.73. The summed E-state index contributed by atoms with van der Waals surface area (Å²) in [6, 6.07) is 3.91. The lowest BCUT2D eigenvalue weighted by molar-refractivity contribution is -0.114. The number of piperazine rings is 1. The smallest absolute Gasteiger partial charge is 0.191 e. The Labute approximate surface area is 169 Å². The highest BCUT2D eigenvalue weighted by Crippen LogP contribution is 2.25. The zero-order valence-electron chi connectivity index (χ0n) is 16.4. The number of nitrogens with zero attached hydrogens (tertiary/aromatic N) is 5. The minimum atomic E-state index is 0.0731. The fraction of sp³-hybridized carbons (Fsp3) is 0.474. The summed E-state index contributed by atoms with van der Waals surface area (Å²) in [6.07, 6.45) is 2.66. The second-order valence-electron chi connectivity index (χ2n) is 6.87. The van der Waals surface area contributed by atoms with E-state index in [-0.39, 0.29) is 5.78 Å². The molecule has 0 spiro atoms. The van der Waals surface area contributed by atoms with Crippen molar-refractivity contribution in [2.24, 2.45) is 0 Å². The van der Waals surface area contributed by atoms with Crippen molar-refractivity contribution in [1.29, 1.82) is 0 Å². The lowest BCUT2D eigenvalue weighted by Crippen LogP contribution is -2.44. The van der Waals surface area contributed by atoms with E-state index < -0.39 is 0 Å². The van der Waals surface area contributed by atoms with E-state index in [1.54, 1.807) is 11.8 Å². The van der Waals surface area contributed by atoms with Gasteiger partial charge in [0.1, 0.15) is 11.6 Å². The summed E-state index contributed by atoms with van der Waals surface area (Å²) in [6.45, 7) is 9.37. The lowest BCUT2D eigenvalue weighted by atomic mass is 10.2. The minimum absolute atomic E-state index is 0.0731. The van der Waals surface area contributed by atoms with Gasteiger partial charge in [-0.1, -0.05) is 18.3 Å². The highest BCUT2D eigenvalue weighted by molar-refractivity contribution is 7.99. The van der Waals surface area contributed by atoms with Crippen LogP contribution in [0.3, 0.4) is 0 Å². The molecule has 2 aromatic rings. The molecule has 0 saturated carbocycles. The Morgan fingerprint density at radius 3 is 2.75 bits per heavy atom. The number of ketones is 1. The van der Waals surface area contributed by atoms with Gasteiger partial charge in [0.25, 0.3) is 0 Å². The third-order valence-electron chi connectivity index (χ3n) is 4.51. The highest BCUT2D eigenvalue weighted by Gasteiger charge is 2.17. The fourth-order valence-corrected chi connectivity index (χ4v) is 3.66. The van der Waals surface area contributed by atoms with Gasteiger partial charge in [-0.05, 0) is 26.5 Å². The van der Waals surface area contributed by atoms with Gasteiger partial charge in [-0.3, -0.25) is 9.89 Å². The molecular weight excluding hydrogens is 374 g/mol. The molecular formula is C19H27N7OS. The fourth-order valence-electron chi connectivity index (χ4n) is 2.86. The molecule has 28 heavy (non-hydrogen) atoms. The molecule has 3 heterocycles. The standard InChI is InChI=1S/C19H27N7OS/c1-4-15(27)6-5-11-28-19-21-16(20-17-12-14(2)23-24-17)13-18(22-19)26-9-7-25(3)8-10-26/h4,12-13H,1,5-11H2,2-3H3,(H2,20,21,22,23,24). The summed E-state index contributed by atoms with van der Waals surface area (Å²) in [5.74, 6) is 3.23. The maximum atomic E-state index is 11.4. The maximum Gasteiger partial charge on any atom is 0.191 e. The van der Waals surface area contributed by atoms with Crippen LogP contribution in [0.4, 0.5) is 17.5 Å². The average Bonchev–Trinajstić information content (AvgIpc) is 3.10. The second kappa shape index (κ2) is 9.70. The summed E-state index contributed by atoms with van der Waals surface area (Å²) >= 11 is 1.57. The molecule has 8 nitrogen and oxygen atoms in total. The molecule has 3 rings (SSSR count). The van der Waals surface area contributed by atoms with Crippen LogP contribution >= 0.6 is 11.8 Å². The van der Waals surface area contributed by atoms with E-state index in [1.165, 1.54) is 6.08 Å². The van der Waals surface area contributed by atoms with Crippen LogP contribution in [0.15, 0.2) is 29.9 Å². The number of carbonyl (C=O) groups excluding carboxylic acids is 1. The van der Waals surface area contributed by atoms with Crippen molar-refractivity contribution in [2.75, 3.05) is 49.2 Å². The summed E-state index contributed by atoms with van der Waals surface area (Å²) in [4.78, 5) is 25.4. The first-order chi connectivity index (χ1) is 13.5. The molecule has 0 bridgehead atoms. The van der Waals surface area contributed by atoms with Crippen molar-refractivity contribution < 1.29 is 4.79 Å². The summed E-state index contributed by atoms with van der Waals surface area (Å²) < 4.78 is 0. The zero-order valence-corrected chi connectivity index (χ0v) is 17.3. The van der Waals surface area contributed by atoms with E-state index in [0.717, 1.165) is 61.5 Å². The number of anilines is 3. The van der Waals surface area contributed by atoms with Gasteiger partial charge in [0, 0.05) is 56.2 Å². The van der Waals surface area contributed by atoms with Crippen molar-refractivity contribution in [1.82, 2.24) is 25.1 Å². The van der Waals surface area contributed by atoms with Crippen molar-refractivity contribution in [2.45, 2.75) is 24.9 Å². The summed E-state index contributed by atoms with van der Waals surface area (Å²) in [5.41, 5.74) is 0.984. The van der Waals surface area contributed by atoms with Crippen LogP contribution in [0.1, 0.15) is 18.5 Å². The SMILES string of the molecule is C=CC(=O)CCCSc1nc(Nc2cc(C)[nH]n2)cc(N2CCN(C)CC2)n1. The van der Waals surface area contributed by atoms with Crippen LogP contribution in [0.5, 0.6) is 0 Å². The van der Waals surface area contributed by atoms with E-state index in [2.05, 4.69) is 43.9 Å². The Kier molecular flexibility index (Phi) is 7.05. The van der Waals surface area contributed by atoms with Crippen LogP contribution in [-0.2, 0) is 4.79 Å². The third kappa shape index (κ3) is 5.80. The molecule has 0 aliphatic carbocycles. The summed E-state index contributed by atoms with van der Waals surface area (Å²) in [5, 5.41) is 11.1. The number of hydrogen-bond acceptors (Lipinski definition) is 8. The van der Waals surface area contributed by atoms with Crippen molar-refractivity contribution in [3.63, 3.8) is 0 Å². The Bertz CT molecular complexity index is 814. The van der Waals surface area contributed by atoms with Gasteiger partial charge in [0.05, 0.1) is 0 Å². The van der Waals surface area contributed by atoms with Crippen LogP contribution in [-0.4, -0.2) is 69.8 Å². The van der Waals surface area contributed by atoms with Gasteiger partial charge in [-0.15, -0.1) is 0 Å². The first kappa shape index (κ1) is 20.3. The number of hydrogen-bond donors (Lipinski definition) is 2. The lowest BCUT2D eigenvalue weighted by Gasteiger charge is -2.33. The van der Waals surface area contributed by atoms with E-state index in [0.29, 0.717) is 11.6 Å². The van der Waals surface area contributed by atoms with Gasteiger partial charge in [-0.2, -0.15) is 5.10 Å². The molecule has 0 aromatic carbocycles. The number of aryl methyl sites for hydroxylation is 1. The maximum absolute atomic E-state index is 11.4. The van der Waals surface area contributed by atoms with Crippen molar-refractivity contribution in [3.8, 4) is 0 Å². The topological polar surface area (TPSA) is 90.0 Å². The monoisotopic (exact) mass is 401 g/mol. The third-order valence-corrected chi connectivity index (χ3v) is 5.44. The first-order valence-electron chi connectivity index (χ1n) is 9.43. The average molecular weight is 402 g/mol. The van der Waals surface area contributed by atoms with Crippen LogP contribution < -0.4 is 10.2 Å².